The van der Waals surface area contributed by atoms with Gasteiger partial charge in [-0.25, -0.2) is 4.98 Å². The number of thiazole rings is 1. The first-order valence-electron chi connectivity index (χ1n) is 9.62. The van der Waals surface area contributed by atoms with E-state index in [2.05, 4.69) is 92.7 Å². The Kier molecular flexibility index (Phi) is 6.13. The number of nitrogens with one attached hydrogen (secondary N) is 1. The number of nitrogens with zero attached hydrogens (tertiary/aromatic N) is 2. The van der Waals surface area contributed by atoms with Crippen molar-refractivity contribution in [2.24, 2.45) is 5.92 Å². The predicted molar refractivity (Wildman–Crippen MR) is 123 cm³/mol. The summed E-state index contributed by atoms with van der Waals surface area (Å²) in [5, 5.41) is 6.81. The summed E-state index contributed by atoms with van der Waals surface area (Å²) in [7, 11) is 0. The lowest BCUT2D eigenvalue weighted by Crippen LogP contribution is -2.36. The van der Waals surface area contributed by atoms with Gasteiger partial charge in [-0.3, -0.25) is 0 Å². The average molecular weight is 454 g/mol. The summed E-state index contributed by atoms with van der Waals surface area (Å²) in [5.41, 5.74) is 4.69. The first-order chi connectivity index (χ1) is 13.7. The van der Waals surface area contributed by atoms with Crippen LogP contribution in [0.4, 0.5) is 5.13 Å². The third kappa shape index (κ3) is 4.65. The molecule has 5 heteroatoms. The van der Waals surface area contributed by atoms with Crippen molar-refractivity contribution >= 4 is 32.4 Å². The SMILES string of the molecule is C=C(NCc1ccccc1)C1CCN(c2nc(-c3ccc(Br)cc3)cs2)CC1. The summed E-state index contributed by atoms with van der Waals surface area (Å²) in [4.78, 5) is 7.28. The lowest BCUT2D eigenvalue weighted by molar-refractivity contribution is 0.436. The van der Waals surface area contributed by atoms with Gasteiger partial charge in [0.15, 0.2) is 5.13 Å². The Hall–Kier alpha value is -2.11. The second kappa shape index (κ2) is 8.93. The van der Waals surface area contributed by atoms with Crippen molar-refractivity contribution in [3.8, 4) is 11.3 Å². The van der Waals surface area contributed by atoms with Gasteiger partial charge in [0.05, 0.1) is 5.69 Å². The van der Waals surface area contributed by atoms with Gasteiger partial charge in [0, 0.05) is 46.7 Å². The van der Waals surface area contributed by atoms with Crippen molar-refractivity contribution in [2.45, 2.75) is 19.4 Å². The number of anilines is 1. The summed E-state index contributed by atoms with van der Waals surface area (Å²) >= 11 is 5.23. The van der Waals surface area contributed by atoms with Crippen LogP contribution in [0.15, 0.2) is 76.7 Å². The first kappa shape index (κ1) is 19.2. The van der Waals surface area contributed by atoms with E-state index in [1.165, 1.54) is 11.1 Å². The maximum absolute atomic E-state index is 4.87. The molecule has 0 saturated carbocycles. The molecule has 1 aliphatic rings. The van der Waals surface area contributed by atoms with Gasteiger partial charge in [-0.2, -0.15) is 0 Å². The largest absolute Gasteiger partial charge is 0.385 e. The zero-order chi connectivity index (χ0) is 19.3. The minimum Gasteiger partial charge on any atom is -0.385 e. The molecule has 3 nitrogen and oxygen atoms in total. The predicted octanol–water partition coefficient (Wildman–Crippen LogP) is 6.09. The van der Waals surface area contributed by atoms with Gasteiger partial charge in [0.25, 0.3) is 0 Å². The van der Waals surface area contributed by atoms with E-state index in [0.717, 1.165) is 53.5 Å². The summed E-state index contributed by atoms with van der Waals surface area (Å²) in [6.07, 6.45) is 2.24. The third-order valence-corrected chi connectivity index (χ3v) is 6.68. The fourth-order valence-electron chi connectivity index (χ4n) is 3.54. The van der Waals surface area contributed by atoms with Crippen LogP contribution in [-0.2, 0) is 6.54 Å². The van der Waals surface area contributed by atoms with Gasteiger partial charge >= 0.3 is 0 Å². The van der Waals surface area contributed by atoms with Crippen LogP contribution in [0.25, 0.3) is 11.3 Å². The highest BCUT2D eigenvalue weighted by Crippen LogP contribution is 2.32. The number of aromatic nitrogens is 1. The van der Waals surface area contributed by atoms with E-state index < -0.39 is 0 Å². The standard InChI is InChI=1S/C23H24BrN3S/c1-17(25-15-18-5-3-2-4-6-18)19-11-13-27(14-12-19)23-26-22(16-28-23)20-7-9-21(24)10-8-20/h2-10,16,19,25H,1,11-15H2. The minimum atomic E-state index is 0.533. The molecular formula is C23H24BrN3S. The number of allylic oxidation sites excluding steroid dienone is 1. The quantitative estimate of drug-likeness (QED) is 0.488. The van der Waals surface area contributed by atoms with Crippen LogP contribution in [0.5, 0.6) is 0 Å². The molecule has 0 spiro atoms. The molecule has 144 valence electrons. The maximum atomic E-state index is 4.87. The molecule has 2 aromatic carbocycles. The Balaban J connectivity index is 1.30. The summed E-state index contributed by atoms with van der Waals surface area (Å²) in [5.74, 6) is 0.533. The zero-order valence-electron chi connectivity index (χ0n) is 15.8. The normalized spacial score (nSPS) is 14.8. The van der Waals surface area contributed by atoms with E-state index in [0.29, 0.717) is 5.92 Å². The highest BCUT2D eigenvalue weighted by Gasteiger charge is 2.23. The van der Waals surface area contributed by atoms with E-state index >= 15 is 0 Å². The van der Waals surface area contributed by atoms with Gasteiger partial charge in [0.1, 0.15) is 0 Å². The number of rotatable bonds is 6. The Labute approximate surface area is 179 Å². The van der Waals surface area contributed by atoms with E-state index in [9.17, 15) is 0 Å². The van der Waals surface area contributed by atoms with E-state index in [4.69, 9.17) is 4.98 Å². The fraction of sp³-hybridized carbons (Fsp3) is 0.261. The molecule has 0 amide bonds. The van der Waals surface area contributed by atoms with E-state index in [-0.39, 0.29) is 0 Å². The second-order valence-corrected chi connectivity index (χ2v) is 8.90. The molecule has 0 unspecified atom stereocenters. The molecule has 0 bridgehead atoms. The van der Waals surface area contributed by atoms with Crippen molar-refractivity contribution in [1.29, 1.82) is 0 Å². The third-order valence-electron chi connectivity index (χ3n) is 5.25. The number of halogens is 1. The highest BCUT2D eigenvalue weighted by atomic mass is 79.9. The van der Waals surface area contributed by atoms with E-state index in [1.807, 2.05) is 0 Å². The Bertz CT molecular complexity index is 913. The van der Waals surface area contributed by atoms with Crippen LogP contribution in [-0.4, -0.2) is 18.1 Å². The van der Waals surface area contributed by atoms with Crippen molar-refractivity contribution in [1.82, 2.24) is 10.3 Å². The molecule has 0 atom stereocenters. The van der Waals surface area contributed by atoms with Crippen LogP contribution in [0.3, 0.4) is 0 Å². The Morgan fingerprint density at radius 3 is 2.54 bits per heavy atom. The van der Waals surface area contributed by atoms with E-state index in [1.54, 1.807) is 11.3 Å². The number of piperidine rings is 1. The molecule has 0 radical (unpaired) electrons. The Morgan fingerprint density at radius 1 is 1.11 bits per heavy atom. The summed E-state index contributed by atoms with van der Waals surface area (Å²) in [6, 6.07) is 18.8. The molecular weight excluding hydrogens is 430 g/mol. The molecule has 1 aliphatic heterocycles. The molecule has 2 heterocycles. The van der Waals surface area contributed by atoms with Crippen LogP contribution < -0.4 is 10.2 Å². The van der Waals surface area contributed by atoms with Crippen molar-refractivity contribution in [3.05, 3.63) is 82.3 Å². The lowest BCUT2D eigenvalue weighted by atomic mass is 9.94. The molecule has 3 aromatic rings. The molecule has 4 rings (SSSR count). The van der Waals surface area contributed by atoms with Gasteiger partial charge in [-0.1, -0.05) is 65.0 Å². The van der Waals surface area contributed by atoms with Gasteiger partial charge in [-0.15, -0.1) is 11.3 Å². The van der Waals surface area contributed by atoms with Gasteiger partial charge < -0.3 is 10.2 Å². The second-order valence-electron chi connectivity index (χ2n) is 7.15. The Morgan fingerprint density at radius 2 is 1.82 bits per heavy atom. The minimum absolute atomic E-state index is 0.533. The molecule has 1 aromatic heterocycles. The maximum Gasteiger partial charge on any atom is 0.185 e. The summed E-state index contributed by atoms with van der Waals surface area (Å²) in [6.45, 7) is 7.21. The molecule has 0 aliphatic carbocycles. The summed E-state index contributed by atoms with van der Waals surface area (Å²) < 4.78 is 1.09. The van der Waals surface area contributed by atoms with Crippen LogP contribution in [0.1, 0.15) is 18.4 Å². The lowest BCUT2D eigenvalue weighted by Gasteiger charge is -2.33. The topological polar surface area (TPSA) is 28.2 Å². The smallest absolute Gasteiger partial charge is 0.185 e. The molecule has 1 fully saturated rings. The van der Waals surface area contributed by atoms with Gasteiger partial charge in [0.2, 0.25) is 0 Å². The molecule has 28 heavy (non-hydrogen) atoms. The van der Waals surface area contributed by atoms with Crippen molar-refractivity contribution < 1.29 is 0 Å². The number of benzene rings is 2. The van der Waals surface area contributed by atoms with Crippen LogP contribution >= 0.6 is 27.3 Å². The first-order valence-corrected chi connectivity index (χ1v) is 11.3. The fourth-order valence-corrected chi connectivity index (χ4v) is 4.69. The number of hydrogen-bond acceptors (Lipinski definition) is 4. The van der Waals surface area contributed by atoms with Crippen LogP contribution in [0, 0.1) is 5.92 Å². The molecule has 1 N–H and O–H groups in total. The van der Waals surface area contributed by atoms with Crippen molar-refractivity contribution in [3.63, 3.8) is 0 Å². The highest BCUT2D eigenvalue weighted by molar-refractivity contribution is 9.10. The molecule has 1 saturated heterocycles. The monoisotopic (exact) mass is 453 g/mol. The van der Waals surface area contributed by atoms with Crippen molar-refractivity contribution in [2.75, 3.05) is 18.0 Å². The average Bonchev–Trinajstić information content (AvgIpc) is 3.24. The van der Waals surface area contributed by atoms with Gasteiger partial charge in [-0.05, 0) is 30.5 Å². The zero-order valence-corrected chi connectivity index (χ0v) is 18.2. The number of hydrogen-bond donors (Lipinski definition) is 1. The van der Waals surface area contributed by atoms with Crippen LogP contribution in [0.2, 0.25) is 0 Å².